The van der Waals surface area contributed by atoms with E-state index in [2.05, 4.69) is 18.8 Å². The zero-order chi connectivity index (χ0) is 15.1. The number of aliphatic carboxylic acids is 1. The summed E-state index contributed by atoms with van der Waals surface area (Å²) in [5, 5.41) is 18.1. The second-order valence-corrected chi connectivity index (χ2v) is 5.35. The molecule has 0 radical (unpaired) electrons. The Morgan fingerprint density at radius 2 is 1.65 bits per heavy atom. The number of hydrogen-bond donors (Lipinski definition) is 2. The molecule has 0 aromatic rings. The summed E-state index contributed by atoms with van der Waals surface area (Å²) >= 11 is 0. The lowest BCUT2D eigenvalue weighted by molar-refractivity contribution is -0.137. The van der Waals surface area contributed by atoms with Gasteiger partial charge in [-0.15, -0.1) is 5.92 Å². The van der Waals surface area contributed by atoms with Crippen LogP contribution in [0, 0.1) is 11.8 Å². The smallest absolute Gasteiger partial charge is 0.303 e. The highest BCUT2D eigenvalue weighted by molar-refractivity contribution is 5.66. The van der Waals surface area contributed by atoms with E-state index in [0.29, 0.717) is 12.8 Å². The SMILES string of the molecule is CCCCCCCCC#CC(O)CCCCCC(=O)O. The van der Waals surface area contributed by atoms with Crippen molar-refractivity contribution in [3.05, 3.63) is 0 Å². The minimum atomic E-state index is -0.746. The Bertz CT molecular complexity index is 288. The van der Waals surface area contributed by atoms with Gasteiger partial charge in [-0.2, -0.15) is 0 Å². The molecule has 3 heteroatoms. The third-order valence-electron chi connectivity index (χ3n) is 3.29. The lowest BCUT2D eigenvalue weighted by Crippen LogP contribution is -2.02. The first-order valence-corrected chi connectivity index (χ1v) is 8.05. The molecular weight excluding hydrogens is 252 g/mol. The maximum absolute atomic E-state index is 10.3. The monoisotopic (exact) mass is 282 g/mol. The Hall–Kier alpha value is -1.01. The first kappa shape index (κ1) is 19.0. The molecule has 20 heavy (non-hydrogen) atoms. The van der Waals surface area contributed by atoms with Crippen molar-refractivity contribution in [1.29, 1.82) is 0 Å². The van der Waals surface area contributed by atoms with E-state index in [1.165, 1.54) is 32.1 Å². The lowest BCUT2D eigenvalue weighted by atomic mass is 10.1. The number of hydrogen-bond acceptors (Lipinski definition) is 2. The van der Waals surface area contributed by atoms with Gasteiger partial charge in [0.2, 0.25) is 0 Å². The third kappa shape index (κ3) is 15.0. The fourth-order valence-corrected chi connectivity index (χ4v) is 2.05. The van der Waals surface area contributed by atoms with Gasteiger partial charge in [0.15, 0.2) is 0 Å². The highest BCUT2D eigenvalue weighted by Crippen LogP contribution is 2.07. The van der Waals surface area contributed by atoms with Crippen molar-refractivity contribution < 1.29 is 15.0 Å². The maximum Gasteiger partial charge on any atom is 0.303 e. The summed E-state index contributed by atoms with van der Waals surface area (Å²) in [5.74, 6) is 5.17. The zero-order valence-electron chi connectivity index (χ0n) is 12.9. The summed E-state index contributed by atoms with van der Waals surface area (Å²) in [6.45, 7) is 2.22. The van der Waals surface area contributed by atoms with Gasteiger partial charge in [0.05, 0.1) is 0 Å². The average Bonchev–Trinajstić information content (AvgIpc) is 2.41. The molecule has 2 N–H and O–H groups in total. The maximum atomic E-state index is 10.3. The van der Waals surface area contributed by atoms with Crippen LogP contribution in [-0.2, 0) is 4.79 Å². The molecule has 0 aliphatic rings. The topological polar surface area (TPSA) is 57.5 Å². The van der Waals surface area contributed by atoms with Crippen molar-refractivity contribution in [1.82, 2.24) is 0 Å². The van der Waals surface area contributed by atoms with E-state index < -0.39 is 12.1 Å². The van der Waals surface area contributed by atoms with Gasteiger partial charge in [-0.25, -0.2) is 0 Å². The van der Waals surface area contributed by atoms with Crippen LogP contribution in [0.3, 0.4) is 0 Å². The number of carboxylic acids is 1. The van der Waals surface area contributed by atoms with Crippen LogP contribution in [0.25, 0.3) is 0 Å². The number of rotatable bonds is 12. The van der Waals surface area contributed by atoms with Gasteiger partial charge < -0.3 is 10.2 Å². The second kappa shape index (κ2) is 14.4. The second-order valence-electron chi connectivity index (χ2n) is 5.35. The molecule has 0 aromatic heterocycles. The van der Waals surface area contributed by atoms with E-state index in [1.807, 2.05) is 0 Å². The van der Waals surface area contributed by atoms with Gasteiger partial charge in [-0.3, -0.25) is 4.79 Å². The van der Waals surface area contributed by atoms with Gasteiger partial charge in [-0.1, -0.05) is 51.4 Å². The molecule has 0 heterocycles. The Labute approximate surface area is 123 Å². The van der Waals surface area contributed by atoms with Gasteiger partial charge in [0.25, 0.3) is 0 Å². The molecule has 0 saturated heterocycles. The van der Waals surface area contributed by atoms with Gasteiger partial charge in [0, 0.05) is 12.8 Å². The van der Waals surface area contributed by atoms with Crippen molar-refractivity contribution in [2.45, 2.75) is 90.1 Å². The van der Waals surface area contributed by atoms with Crippen LogP contribution in [0.15, 0.2) is 0 Å². The van der Waals surface area contributed by atoms with Gasteiger partial charge in [0.1, 0.15) is 6.10 Å². The zero-order valence-corrected chi connectivity index (χ0v) is 12.9. The fourth-order valence-electron chi connectivity index (χ4n) is 2.05. The summed E-state index contributed by atoms with van der Waals surface area (Å²) < 4.78 is 0. The molecule has 0 aromatic carbocycles. The van der Waals surface area contributed by atoms with E-state index in [0.717, 1.165) is 25.7 Å². The molecule has 0 spiro atoms. The quantitative estimate of drug-likeness (QED) is 0.418. The number of aliphatic hydroxyl groups is 1. The summed E-state index contributed by atoms with van der Waals surface area (Å²) in [7, 11) is 0. The average molecular weight is 282 g/mol. The normalized spacial score (nSPS) is 11.7. The van der Waals surface area contributed by atoms with Crippen molar-refractivity contribution in [3.63, 3.8) is 0 Å². The standard InChI is InChI=1S/C17H30O3/c1-2-3-4-5-6-7-8-10-13-16(18)14-11-9-12-15-17(19)20/h16,18H,2-9,11-12,14-15H2,1H3,(H,19,20). The molecule has 0 saturated carbocycles. The molecule has 0 aliphatic heterocycles. The first-order chi connectivity index (χ1) is 9.66. The predicted octanol–water partition coefficient (Wildman–Crippen LogP) is 4.14. The number of carbonyl (C=O) groups is 1. The molecule has 1 atom stereocenters. The molecule has 3 nitrogen and oxygen atoms in total. The molecule has 0 aliphatic carbocycles. The summed E-state index contributed by atoms with van der Waals surface area (Å²) in [6.07, 6.45) is 11.2. The van der Waals surface area contributed by atoms with Crippen molar-refractivity contribution >= 4 is 5.97 Å². The largest absolute Gasteiger partial charge is 0.481 e. The summed E-state index contributed by atoms with van der Waals surface area (Å²) in [4.78, 5) is 10.3. The highest BCUT2D eigenvalue weighted by atomic mass is 16.4. The molecule has 0 bridgehead atoms. The minimum Gasteiger partial charge on any atom is -0.481 e. The van der Waals surface area contributed by atoms with E-state index in [9.17, 15) is 9.90 Å². The predicted molar refractivity (Wildman–Crippen MR) is 82.5 cm³/mol. The number of carboxylic acid groups (broad SMARTS) is 1. The van der Waals surface area contributed by atoms with Crippen LogP contribution in [-0.4, -0.2) is 22.3 Å². The van der Waals surface area contributed by atoms with Crippen LogP contribution in [0.2, 0.25) is 0 Å². The van der Waals surface area contributed by atoms with E-state index in [1.54, 1.807) is 0 Å². The summed E-state index contributed by atoms with van der Waals surface area (Å²) in [5.41, 5.74) is 0. The molecule has 0 rings (SSSR count). The molecule has 116 valence electrons. The van der Waals surface area contributed by atoms with Crippen molar-refractivity contribution in [3.8, 4) is 11.8 Å². The third-order valence-corrected chi connectivity index (χ3v) is 3.29. The number of unbranched alkanes of at least 4 members (excludes halogenated alkanes) is 8. The fraction of sp³-hybridized carbons (Fsp3) is 0.824. The van der Waals surface area contributed by atoms with Crippen LogP contribution in [0.1, 0.15) is 84.0 Å². The Balaban J connectivity index is 3.36. The van der Waals surface area contributed by atoms with E-state index in [4.69, 9.17) is 5.11 Å². The van der Waals surface area contributed by atoms with Crippen LogP contribution in [0.5, 0.6) is 0 Å². The summed E-state index contributed by atoms with van der Waals surface area (Å²) in [6, 6.07) is 0. The Morgan fingerprint density at radius 1 is 1.00 bits per heavy atom. The van der Waals surface area contributed by atoms with Crippen molar-refractivity contribution in [2.75, 3.05) is 0 Å². The van der Waals surface area contributed by atoms with Crippen LogP contribution in [0.4, 0.5) is 0 Å². The first-order valence-electron chi connectivity index (χ1n) is 8.05. The van der Waals surface area contributed by atoms with Gasteiger partial charge in [-0.05, 0) is 25.7 Å². The molecule has 1 unspecified atom stereocenters. The Kier molecular flexibility index (Phi) is 13.7. The minimum absolute atomic E-state index is 0.222. The lowest BCUT2D eigenvalue weighted by Gasteiger charge is -2.02. The Morgan fingerprint density at radius 3 is 2.35 bits per heavy atom. The number of aliphatic hydroxyl groups excluding tert-OH is 1. The molecular formula is C17H30O3. The van der Waals surface area contributed by atoms with Gasteiger partial charge >= 0.3 is 5.97 Å². The van der Waals surface area contributed by atoms with Crippen molar-refractivity contribution in [2.24, 2.45) is 0 Å². The van der Waals surface area contributed by atoms with Crippen LogP contribution < -0.4 is 0 Å². The molecule has 0 fully saturated rings. The van der Waals surface area contributed by atoms with E-state index in [-0.39, 0.29) is 6.42 Å². The van der Waals surface area contributed by atoms with E-state index >= 15 is 0 Å². The van der Waals surface area contributed by atoms with Crippen LogP contribution >= 0.6 is 0 Å². The molecule has 0 amide bonds. The highest BCUT2D eigenvalue weighted by Gasteiger charge is 2.00.